The number of hydrazine groups is 1. The Morgan fingerprint density at radius 1 is 1.12 bits per heavy atom. The topological polar surface area (TPSA) is 72.0 Å². The van der Waals surface area contributed by atoms with E-state index in [0.29, 0.717) is 6.54 Å². The van der Waals surface area contributed by atoms with Crippen molar-refractivity contribution in [2.75, 3.05) is 57.8 Å². The number of pyridine rings is 1. The molecule has 2 fully saturated rings. The fraction of sp³-hybridized carbons (Fsp3) is 0.588. The number of nitrogens with zero attached hydrogens (tertiary/aromatic N) is 5. The number of imide groups is 1. The van der Waals surface area contributed by atoms with Gasteiger partial charge in [-0.2, -0.15) is 0 Å². The van der Waals surface area contributed by atoms with Gasteiger partial charge in [0, 0.05) is 39.8 Å². The van der Waals surface area contributed by atoms with E-state index < -0.39 is 0 Å². The lowest BCUT2D eigenvalue weighted by Gasteiger charge is -2.36. The predicted molar refractivity (Wildman–Crippen MR) is 103 cm³/mol. The molecule has 0 aromatic carbocycles. The van der Waals surface area contributed by atoms with E-state index in [-0.39, 0.29) is 18.5 Å². The van der Waals surface area contributed by atoms with Crippen LogP contribution in [0.5, 0.6) is 0 Å². The molecule has 3 heterocycles. The number of amides is 3. The number of piperazine rings is 1. The van der Waals surface area contributed by atoms with Crippen molar-refractivity contribution in [2.45, 2.75) is 12.8 Å². The van der Waals surface area contributed by atoms with Gasteiger partial charge in [-0.1, -0.05) is 6.07 Å². The summed E-state index contributed by atoms with van der Waals surface area (Å²) in [7, 11) is 1.53. The van der Waals surface area contributed by atoms with Crippen LogP contribution in [0.25, 0.3) is 0 Å². The van der Waals surface area contributed by atoms with E-state index in [9.17, 15) is 9.59 Å². The Bertz CT molecular complexity index is 650. The smallest absolute Gasteiger partial charge is 0.340 e. The van der Waals surface area contributed by atoms with Gasteiger partial charge in [-0.15, -0.1) is 0 Å². The molecule has 2 aliphatic heterocycles. The van der Waals surface area contributed by atoms with Crippen LogP contribution >= 0.6 is 15.9 Å². The lowest BCUT2D eigenvalue weighted by atomic mass is 10.2. The average Bonchev–Trinajstić information content (AvgIpc) is 2.65. The van der Waals surface area contributed by atoms with E-state index in [1.54, 1.807) is 0 Å². The van der Waals surface area contributed by atoms with Crippen molar-refractivity contribution in [2.24, 2.45) is 0 Å². The summed E-state index contributed by atoms with van der Waals surface area (Å²) in [6, 6.07) is 5.73. The van der Waals surface area contributed by atoms with Gasteiger partial charge in [0.25, 0.3) is 0 Å². The molecule has 0 atom stereocenters. The van der Waals surface area contributed by atoms with E-state index in [2.05, 4.69) is 36.1 Å². The van der Waals surface area contributed by atoms with Gasteiger partial charge in [-0.05, 0) is 47.4 Å². The number of unbranched alkanes of at least 4 members (excludes halogenated alkanes) is 1. The Labute approximate surface area is 162 Å². The molecule has 1 aromatic heterocycles. The largest absolute Gasteiger partial charge is 0.354 e. The number of rotatable bonds is 6. The van der Waals surface area contributed by atoms with Crippen LogP contribution in [0.3, 0.4) is 0 Å². The summed E-state index contributed by atoms with van der Waals surface area (Å²) in [4.78, 5) is 33.9. The molecule has 142 valence electrons. The summed E-state index contributed by atoms with van der Waals surface area (Å²) in [5, 5.41) is 1.54. The van der Waals surface area contributed by atoms with E-state index in [0.717, 1.165) is 56.0 Å². The second kappa shape index (κ2) is 8.79. The van der Waals surface area contributed by atoms with Gasteiger partial charge in [0.05, 0.1) is 6.54 Å². The zero-order valence-corrected chi connectivity index (χ0v) is 16.6. The van der Waals surface area contributed by atoms with Crippen LogP contribution < -0.4 is 10.3 Å². The number of urea groups is 1. The number of hydrogen-bond acceptors (Lipinski definition) is 6. The molecule has 26 heavy (non-hydrogen) atoms. The summed E-state index contributed by atoms with van der Waals surface area (Å²) in [6.45, 7) is 5.83. The van der Waals surface area contributed by atoms with Crippen molar-refractivity contribution in [1.82, 2.24) is 25.2 Å². The van der Waals surface area contributed by atoms with Crippen molar-refractivity contribution in [3.8, 4) is 0 Å². The minimum atomic E-state index is -0.267. The third kappa shape index (κ3) is 4.72. The highest BCUT2D eigenvalue weighted by molar-refractivity contribution is 9.10. The maximum absolute atomic E-state index is 12.0. The maximum atomic E-state index is 12.0. The van der Waals surface area contributed by atoms with E-state index in [1.165, 1.54) is 17.0 Å². The van der Waals surface area contributed by atoms with Crippen molar-refractivity contribution in [3.63, 3.8) is 0 Å². The molecule has 0 aliphatic carbocycles. The second-order valence-electron chi connectivity index (χ2n) is 6.58. The molecule has 1 aromatic rings. The first kappa shape index (κ1) is 19.1. The van der Waals surface area contributed by atoms with Crippen LogP contribution in [0.2, 0.25) is 0 Å². The Hall–Kier alpha value is -1.71. The van der Waals surface area contributed by atoms with E-state index in [4.69, 9.17) is 0 Å². The number of halogens is 1. The van der Waals surface area contributed by atoms with E-state index >= 15 is 0 Å². The normalized spacial score (nSPS) is 19.4. The van der Waals surface area contributed by atoms with Crippen LogP contribution in [-0.4, -0.2) is 84.6 Å². The molecule has 1 N–H and O–H groups in total. The summed E-state index contributed by atoms with van der Waals surface area (Å²) < 4.78 is 0.866. The number of aromatic nitrogens is 1. The first-order valence-corrected chi connectivity index (χ1v) is 9.75. The van der Waals surface area contributed by atoms with Crippen LogP contribution in [-0.2, 0) is 4.79 Å². The van der Waals surface area contributed by atoms with Gasteiger partial charge < -0.3 is 4.90 Å². The van der Waals surface area contributed by atoms with Gasteiger partial charge in [0.1, 0.15) is 10.4 Å². The summed E-state index contributed by atoms with van der Waals surface area (Å²) in [5.74, 6) is 0.830. The number of carbonyl (C=O) groups excluding carboxylic acids is 2. The number of anilines is 1. The number of carbonyl (C=O) groups is 2. The first-order chi connectivity index (χ1) is 12.5. The van der Waals surface area contributed by atoms with Gasteiger partial charge in [0.2, 0.25) is 5.91 Å². The lowest BCUT2D eigenvalue weighted by Crippen LogP contribution is -2.59. The van der Waals surface area contributed by atoms with Gasteiger partial charge in [-0.25, -0.2) is 15.2 Å². The molecule has 0 unspecified atom stereocenters. The minimum Gasteiger partial charge on any atom is -0.354 e. The number of nitrogens with one attached hydrogen (secondary N) is 1. The van der Waals surface area contributed by atoms with Crippen LogP contribution in [0.1, 0.15) is 12.8 Å². The average molecular weight is 425 g/mol. The molecule has 0 bridgehead atoms. The third-order valence-electron chi connectivity index (χ3n) is 4.82. The molecule has 0 spiro atoms. The Morgan fingerprint density at radius 3 is 2.58 bits per heavy atom. The zero-order valence-electron chi connectivity index (χ0n) is 15.0. The van der Waals surface area contributed by atoms with Crippen molar-refractivity contribution >= 4 is 33.7 Å². The van der Waals surface area contributed by atoms with Gasteiger partial charge in [0.15, 0.2) is 0 Å². The molecule has 3 amide bonds. The van der Waals surface area contributed by atoms with Crippen LogP contribution in [0, 0.1) is 0 Å². The quantitative estimate of drug-likeness (QED) is 0.545. The number of likely N-dealkylation sites (N-methyl/N-ethyl adjacent to an activating group) is 1. The van der Waals surface area contributed by atoms with Gasteiger partial charge in [-0.3, -0.25) is 19.6 Å². The van der Waals surface area contributed by atoms with Crippen LogP contribution in [0.15, 0.2) is 22.8 Å². The van der Waals surface area contributed by atoms with Crippen molar-refractivity contribution in [1.29, 1.82) is 0 Å². The van der Waals surface area contributed by atoms with Gasteiger partial charge >= 0.3 is 6.03 Å². The van der Waals surface area contributed by atoms with Crippen LogP contribution in [0.4, 0.5) is 10.6 Å². The maximum Gasteiger partial charge on any atom is 0.340 e. The lowest BCUT2D eigenvalue weighted by molar-refractivity contribution is -0.130. The minimum absolute atomic E-state index is 0.188. The molecule has 8 nitrogen and oxygen atoms in total. The van der Waals surface area contributed by atoms with E-state index in [1.807, 2.05) is 18.2 Å². The highest BCUT2D eigenvalue weighted by Gasteiger charge is 2.28. The summed E-state index contributed by atoms with van der Waals surface area (Å²) in [6.07, 6.45) is 1.94. The molecule has 9 heteroatoms. The highest BCUT2D eigenvalue weighted by atomic mass is 79.9. The third-order valence-corrected chi connectivity index (χ3v) is 5.26. The fourth-order valence-electron chi connectivity index (χ4n) is 3.19. The first-order valence-electron chi connectivity index (χ1n) is 8.96. The molecule has 0 saturated carbocycles. The molecule has 3 rings (SSSR count). The molecular weight excluding hydrogens is 400 g/mol. The van der Waals surface area contributed by atoms with Crippen molar-refractivity contribution < 1.29 is 9.59 Å². The Balaban J connectivity index is 1.34. The summed E-state index contributed by atoms with van der Waals surface area (Å²) in [5.41, 5.74) is 2.88. The monoisotopic (exact) mass is 424 g/mol. The second-order valence-corrected chi connectivity index (χ2v) is 7.39. The highest BCUT2D eigenvalue weighted by Crippen LogP contribution is 2.17. The van der Waals surface area contributed by atoms with Crippen molar-refractivity contribution in [3.05, 3.63) is 22.8 Å². The number of hydrogen-bond donors (Lipinski definition) is 1. The standard InChI is InChI=1S/C17H25BrN6O2/c1-21-16(25)13-19-24(17(21)26)8-3-2-7-22-9-11-23(12-10-22)15-6-4-5-14(18)20-15/h4-6,19H,2-3,7-13H2,1H3. The Kier molecular flexibility index (Phi) is 6.44. The summed E-state index contributed by atoms with van der Waals surface area (Å²) >= 11 is 3.42. The molecule has 2 saturated heterocycles. The fourth-order valence-corrected chi connectivity index (χ4v) is 3.53. The molecule has 2 aliphatic rings. The molecular formula is C17H25BrN6O2. The predicted octanol–water partition coefficient (Wildman–Crippen LogP) is 1.14. The SMILES string of the molecule is CN1C(=O)CNN(CCCCN2CCN(c3cccc(Br)n3)CC2)C1=O. The Morgan fingerprint density at radius 2 is 1.85 bits per heavy atom. The molecule has 0 radical (unpaired) electrons. The zero-order chi connectivity index (χ0) is 18.5.